The molecule has 2 N–H and O–H groups in total. The van der Waals surface area contributed by atoms with Crippen LogP contribution in [0.25, 0.3) is 0 Å². The predicted molar refractivity (Wildman–Crippen MR) is 122 cm³/mol. The van der Waals surface area contributed by atoms with Crippen LogP contribution in [-0.2, 0) is 21.2 Å². The Bertz CT molecular complexity index is 1190. The minimum absolute atomic E-state index is 0.0608. The van der Waals surface area contributed by atoms with E-state index in [9.17, 15) is 18.5 Å². The third-order valence-electron chi connectivity index (χ3n) is 3.99. The van der Waals surface area contributed by atoms with Crippen LogP contribution in [-0.4, -0.2) is 30.0 Å². The number of aromatic nitrogens is 2. The van der Waals surface area contributed by atoms with Crippen molar-refractivity contribution in [2.24, 2.45) is 0 Å². The second-order valence-corrected chi connectivity index (χ2v) is 9.86. The van der Waals surface area contributed by atoms with Crippen LogP contribution >= 0.6 is 23.1 Å². The minimum Gasteiger partial charge on any atom is -0.325 e. The van der Waals surface area contributed by atoms with Gasteiger partial charge in [-0.05, 0) is 42.8 Å². The lowest BCUT2D eigenvalue weighted by molar-refractivity contribution is -0.113. The van der Waals surface area contributed by atoms with E-state index >= 15 is 0 Å². The minimum atomic E-state index is -3.75. The number of nitrogens with one attached hydrogen (secondary N) is 2. The third-order valence-corrected chi connectivity index (χ3v) is 7.15. The Morgan fingerprint density at radius 1 is 1.23 bits per heavy atom. The van der Waals surface area contributed by atoms with Crippen molar-refractivity contribution in [1.82, 2.24) is 9.97 Å². The highest BCUT2D eigenvalue weighted by Crippen LogP contribution is 2.22. The lowest BCUT2D eigenvalue weighted by Gasteiger charge is -2.09. The SMILES string of the molecule is CCCc1ccc(C#N)c(SCC(=O)Nc2ccc(S(=O)(=O)Nc3nccs3)cc2)n1. The zero-order valence-electron chi connectivity index (χ0n) is 16.5. The molecule has 0 radical (unpaired) electrons. The number of carbonyl (C=O) groups excluding carboxylic acids is 1. The highest BCUT2D eigenvalue weighted by atomic mass is 32.2. The number of nitriles is 1. The maximum Gasteiger partial charge on any atom is 0.263 e. The number of anilines is 2. The van der Waals surface area contributed by atoms with Gasteiger partial charge in [-0.3, -0.25) is 9.52 Å². The fraction of sp³-hybridized carbons (Fsp3) is 0.200. The third kappa shape index (κ3) is 6.27. The summed E-state index contributed by atoms with van der Waals surface area (Å²) in [6.07, 6.45) is 3.25. The number of amides is 1. The second kappa shape index (κ2) is 10.4. The highest BCUT2D eigenvalue weighted by molar-refractivity contribution is 8.00. The number of pyridine rings is 1. The number of thiazole rings is 1. The molecular formula is C20H19N5O3S3. The van der Waals surface area contributed by atoms with Gasteiger partial charge < -0.3 is 5.32 Å². The fourth-order valence-electron chi connectivity index (χ4n) is 2.57. The first-order valence-corrected chi connectivity index (χ1v) is 12.6. The van der Waals surface area contributed by atoms with Gasteiger partial charge in [0.15, 0.2) is 5.13 Å². The molecule has 11 heteroatoms. The molecule has 0 atom stereocenters. The van der Waals surface area contributed by atoms with Crippen molar-refractivity contribution in [2.45, 2.75) is 29.7 Å². The van der Waals surface area contributed by atoms with Crippen LogP contribution in [0.1, 0.15) is 24.6 Å². The van der Waals surface area contributed by atoms with E-state index in [0.717, 1.165) is 18.5 Å². The Balaban J connectivity index is 1.60. The normalized spacial score (nSPS) is 11.0. The van der Waals surface area contributed by atoms with Gasteiger partial charge in [0.2, 0.25) is 5.91 Å². The van der Waals surface area contributed by atoms with Crippen LogP contribution in [0.5, 0.6) is 0 Å². The summed E-state index contributed by atoms with van der Waals surface area (Å²) in [6, 6.07) is 11.5. The number of benzene rings is 1. The number of sulfonamides is 1. The molecule has 0 aliphatic rings. The highest BCUT2D eigenvalue weighted by Gasteiger charge is 2.16. The van der Waals surface area contributed by atoms with Gasteiger partial charge in [-0.25, -0.2) is 18.4 Å². The van der Waals surface area contributed by atoms with E-state index in [0.29, 0.717) is 16.3 Å². The zero-order chi connectivity index (χ0) is 22.3. The van der Waals surface area contributed by atoms with E-state index in [2.05, 4.69) is 26.1 Å². The molecule has 1 amide bonds. The van der Waals surface area contributed by atoms with Crippen molar-refractivity contribution >= 4 is 49.8 Å². The van der Waals surface area contributed by atoms with Gasteiger partial charge in [0, 0.05) is 23.0 Å². The molecule has 3 aromatic rings. The average Bonchev–Trinajstić information content (AvgIpc) is 3.25. The molecule has 0 spiro atoms. The van der Waals surface area contributed by atoms with Crippen molar-refractivity contribution in [3.63, 3.8) is 0 Å². The van der Waals surface area contributed by atoms with Gasteiger partial charge in [-0.2, -0.15) is 5.26 Å². The van der Waals surface area contributed by atoms with E-state index in [1.807, 2.05) is 13.0 Å². The number of thioether (sulfide) groups is 1. The molecular weight excluding hydrogens is 454 g/mol. The molecule has 0 aliphatic carbocycles. The van der Waals surface area contributed by atoms with Crippen molar-refractivity contribution in [3.8, 4) is 6.07 Å². The van der Waals surface area contributed by atoms with Gasteiger partial charge in [0.05, 0.1) is 16.2 Å². The van der Waals surface area contributed by atoms with E-state index < -0.39 is 10.0 Å². The Morgan fingerprint density at radius 3 is 2.65 bits per heavy atom. The van der Waals surface area contributed by atoms with Crippen molar-refractivity contribution < 1.29 is 13.2 Å². The monoisotopic (exact) mass is 473 g/mol. The quantitative estimate of drug-likeness (QED) is 0.452. The molecule has 160 valence electrons. The predicted octanol–water partition coefficient (Wildman–Crippen LogP) is 3.89. The first-order valence-electron chi connectivity index (χ1n) is 9.26. The van der Waals surface area contributed by atoms with Gasteiger partial charge in [0.25, 0.3) is 10.0 Å². The van der Waals surface area contributed by atoms with Gasteiger partial charge >= 0.3 is 0 Å². The summed E-state index contributed by atoms with van der Waals surface area (Å²) >= 11 is 2.37. The number of hydrogen-bond acceptors (Lipinski definition) is 8. The molecule has 31 heavy (non-hydrogen) atoms. The number of hydrogen-bond donors (Lipinski definition) is 2. The zero-order valence-corrected chi connectivity index (χ0v) is 19.0. The molecule has 8 nitrogen and oxygen atoms in total. The fourth-order valence-corrected chi connectivity index (χ4v) is 5.15. The first kappa shape index (κ1) is 22.7. The molecule has 0 saturated heterocycles. The second-order valence-electron chi connectivity index (χ2n) is 6.32. The summed E-state index contributed by atoms with van der Waals surface area (Å²) < 4.78 is 27.1. The molecule has 0 unspecified atom stereocenters. The molecule has 2 heterocycles. The largest absolute Gasteiger partial charge is 0.325 e. The molecule has 1 aromatic carbocycles. The first-order chi connectivity index (χ1) is 14.9. The summed E-state index contributed by atoms with van der Waals surface area (Å²) in [6.45, 7) is 2.05. The summed E-state index contributed by atoms with van der Waals surface area (Å²) in [5, 5.41) is 14.4. The van der Waals surface area contributed by atoms with Crippen LogP contribution in [0.15, 0.2) is 57.9 Å². The molecule has 2 aromatic heterocycles. The molecule has 0 saturated carbocycles. The Labute approximate surface area is 188 Å². The van der Waals surface area contributed by atoms with Crippen molar-refractivity contribution in [3.05, 3.63) is 59.2 Å². The van der Waals surface area contributed by atoms with E-state index in [1.54, 1.807) is 11.4 Å². The lowest BCUT2D eigenvalue weighted by Crippen LogP contribution is -2.15. The Hall–Kier alpha value is -2.94. The van der Waals surface area contributed by atoms with Crippen LogP contribution in [0.4, 0.5) is 10.8 Å². The van der Waals surface area contributed by atoms with Crippen molar-refractivity contribution in [2.75, 3.05) is 15.8 Å². The molecule has 0 bridgehead atoms. The molecule has 3 rings (SSSR count). The average molecular weight is 474 g/mol. The van der Waals surface area contributed by atoms with Crippen LogP contribution in [0.3, 0.4) is 0 Å². The standard InChI is InChI=1S/C20H19N5O3S3/c1-2-3-15-5-4-14(12-21)19(24-15)30-13-18(26)23-16-6-8-17(9-7-16)31(27,28)25-20-22-10-11-29-20/h4-11H,2-3,13H2,1H3,(H,22,25)(H,23,26). The van der Waals surface area contributed by atoms with Crippen LogP contribution in [0.2, 0.25) is 0 Å². The number of carbonyl (C=O) groups is 1. The number of nitrogens with zero attached hydrogens (tertiary/aromatic N) is 3. The van der Waals surface area contributed by atoms with Crippen molar-refractivity contribution in [1.29, 1.82) is 5.26 Å². The Kier molecular flexibility index (Phi) is 7.62. The van der Waals surface area contributed by atoms with Crippen LogP contribution < -0.4 is 10.0 Å². The summed E-state index contributed by atoms with van der Waals surface area (Å²) in [7, 11) is -3.75. The summed E-state index contributed by atoms with van der Waals surface area (Å²) in [5.74, 6) is -0.212. The van der Waals surface area contributed by atoms with Gasteiger partial charge in [0.1, 0.15) is 11.1 Å². The van der Waals surface area contributed by atoms with E-state index in [4.69, 9.17) is 0 Å². The summed E-state index contributed by atoms with van der Waals surface area (Å²) in [5.41, 5.74) is 1.78. The topological polar surface area (TPSA) is 125 Å². The van der Waals surface area contributed by atoms with E-state index in [-0.39, 0.29) is 21.7 Å². The Morgan fingerprint density at radius 2 is 2.00 bits per heavy atom. The van der Waals surface area contributed by atoms with Crippen LogP contribution in [0, 0.1) is 11.3 Å². The molecule has 0 fully saturated rings. The molecule has 0 aliphatic heterocycles. The maximum absolute atomic E-state index is 12.4. The van der Waals surface area contributed by atoms with Gasteiger partial charge in [-0.1, -0.05) is 25.1 Å². The lowest BCUT2D eigenvalue weighted by atomic mass is 10.2. The number of rotatable bonds is 9. The van der Waals surface area contributed by atoms with Gasteiger partial charge in [-0.15, -0.1) is 11.3 Å². The summed E-state index contributed by atoms with van der Waals surface area (Å²) in [4.78, 5) is 20.7. The van der Waals surface area contributed by atoms with E-state index in [1.165, 1.54) is 53.6 Å². The smallest absolute Gasteiger partial charge is 0.263 e. The number of aryl methyl sites for hydroxylation is 1. The maximum atomic E-state index is 12.4.